The van der Waals surface area contributed by atoms with Crippen LogP contribution in [-0.4, -0.2) is 30.9 Å². The minimum absolute atomic E-state index is 0.508. The summed E-state index contributed by atoms with van der Waals surface area (Å²) in [7, 11) is 3.63. The molecule has 0 rings (SSSR count). The molecule has 0 amide bonds. The predicted molar refractivity (Wildman–Crippen MR) is 118 cm³/mol. The van der Waals surface area contributed by atoms with Crippen molar-refractivity contribution in [2.75, 3.05) is 21.1 Å². The van der Waals surface area contributed by atoms with Gasteiger partial charge in [-0.15, -0.1) is 0 Å². The summed E-state index contributed by atoms with van der Waals surface area (Å²) in [6.45, 7) is 4.35. The molecule has 2 atom stereocenters. The Balaban J connectivity index is 3.90. The van der Waals surface area contributed by atoms with Gasteiger partial charge in [0.05, 0.1) is 21.1 Å². The van der Waals surface area contributed by atoms with Crippen LogP contribution in [0.1, 0.15) is 110 Å². The van der Waals surface area contributed by atoms with Crippen molar-refractivity contribution in [3.8, 4) is 0 Å². The van der Waals surface area contributed by atoms with Crippen LogP contribution in [0.3, 0.4) is 0 Å². The summed E-state index contributed by atoms with van der Waals surface area (Å²) in [5, 5.41) is -0.606. The monoisotopic (exact) mass is 400 g/mol. The van der Waals surface area contributed by atoms with Crippen LogP contribution in [0.25, 0.3) is 0 Å². The molecule has 0 aromatic rings. The van der Waals surface area contributed by atoms with Crippen LogP contribution in [0.2, 0.25) is 0 Å². The Morgan fingerprint density at radius 2 is 1.22 bits per heavy atom. The van der Waals surface area contributed by atoms with Crippen LogP contribution in [0.15, 0.2) is 12.2 Å². The van der Waals surface area contributed by atoms with Gasteiger partial charge in [0, 0.05) is 12.8 Å². The summed E-state index contributed by atoms with van der Waals surface area (Å²) < 4.78 is 12.5. The van der Waals surface area contributed by atoms with Crippen molar-refractivity contribution in [1.82, 2.24) is 0 Å². The third-order valence-corrected chi connectivity index (χ3v) is 7.55. The summed E-state index contributed by atoms with van der Waals surface area (Å²) >= 11 is 0. The Morgan fingerprint density at radius 1 is 0.741 bits per heavy atom. The molecule has 0 heterocycles. The largest absolute Gasteiger partial charge is 0.590 e. The molecule has 0 saturated heterocycles. The van der Waals surface area contributed by atoms with Crippen LogP contribution in [-0.2, 0) is 4.57 Å². The standard InChI is InChI=1S/C23H47NO2P/c1-6-8-9-10-11-12-13-14-15-16-17-18-19-20-22-23(21-7-2,27(25)26)24(3,4)5/h16-17H,6-15,18-22H2,1-5H3/q+1. The maximum absolute atomic E-state index is 12.0. The van der Waals surface area contributed by atoms with Crippen molar-refractivity contribution in [1.29, 1.82) is 0 Å². The Morgan fingerprint density at radius 3 is 1.67 bits per heavy atom. The average Bonchev–Trinajstić information content (AvgIpc) is 2.59. The molecule has 27 heavy (non-hydrogen) atoms. The van der Waals surface area contributed by atoms with Crippen molar-refractivity contribution in [3.05, 3.63) is 12.2 Å². The molecule has 0 aromatic carbocycles. The normalized spacial score (nSPS) is 15.3. The molecule has 2 unspecified atom stereocenters. The fraction of sp³-hybridized carbons (Fsp3) is 0.913. The molecular weight excluding hydrogens is 353 g/mol. The molecule has 0 fully saturated rings. The van der Waals surface area contributed by atoms with Crippen molar-refractivity contribution >= 4 is 8.03 Å². The molecule has 0 aliphatic carbocycles. The second kappa shape index (κ2) is 15.7. The lowest BCUT2D eigenvalue weighted by molar-refractivity contribution is -0.910. The minimum Gasteiger partial charge on any atom is -0.590 e. The lowest BCUT2D eigenvalue weighted by Crippen LogP contribution is -2.55. The predicted octanol–water partition coefficient (Wildman–Crippen LogP) is 6.94. The van der Waals surface area contributed by atoms with Gasteiger partial charge in [-0.05, 0) is 38.5 Å². The van der Waals surface area contributed by atoms with Gasteiger partial charge in [0.2, 0.25) is 0 Å². The van der Waals surface area contributed by atoms with E-state index in [2.05, 4.69) is 26.0 Å². The highest BCUT2D eigenvalue weighted by Gasteiger charge is 2.53. The SMILES string of the molecule is CCCCCCCCCCC=CCCCCC(CCC)([P+](=O)[O-])[N+](C)(C)C. The summed E-state index contributed by atoms with van der Waals surface area (Å²) in [6, 6.07) is 0. The molecule has 160 valence electrons. The highest BCUT2D eigenvalue weighted by atomic mass is 31.1. The molecule has 0 saturated carbocycles. The first-order valence-corrected chi connectivity index (χ1v) is 12.6. The Bertz CT molecular complexity index is 404. The van der Waals surface area contributed by atoms with Crippen molar-refractivity contribution in [3.63, 3.8) is 0 Å². The molecule has 0 spiro atoms. The van der Waals surface area contributed by atoms with Gasteiger partial charge in [-0.1, -0.05) is 75.5 Å². The zero-order valence-electron chi connectivity index (χ0n) is 19.0. The maximum Gasteiger partial charge on any atom is 0.376 e. The molecule has 0 aromatic heterocycles. The van der Waals surface area contributed by atoms with E-state index in [1.165, 1.54) is 57.8 Å². The number of hydrogen-bond acceptors (Lipinski definition) is 2. The summed E-state index contributed by atoms with van der Waals surface area (Å²) in [6.07, 6.45) is 22.4. The van der Waals surface area contributed by atoms with E-state index in [0.29, 0.717) is 4.48 Å². The number of rotatable bonds is 18. The third-order valence-electron chi connectivity index (χ3n) is 5.83. The van der Waals surface area contributed by atoms with Crippen LogP contribution < -0.4 is 4.89 Å². The van der Waals surface area contributed by atoms with E-state index in [-0.39, 0.29) is 0 Å². The zero-order chi connectivity index (χ0) is 20.6. The van der Waals surface area contributed by atoms with Gasteiger partial charge < -0.3 is 4.89 Å². The van der Waals surface area contributed by atoms with Gasteiger partial charge in [-0.3, -0.25) is 4.48 Å². The Kier molecular flexibility index (Phi) is 15.5. The number of nitrogens with zero attached hydrogens (tertiary/aromatic N) is 1. The second-order valence-electron chi connectivity index (χ2n) is 8.98. The average molecular weight is 401 g/mol. The van der Waals surface area contributed by atoms with Gasteiger partial charge in [0.25, 0.3) is 5.28 Å². The van der Waals surface area contributed by atoms with E-state index in [0.717, 1.165) is 38.5 Å². The summed E-state index contributed by atoms with van der Waals surface area (Å²) in [5.74, 6) is 0. The number of quaternary nitrogens is 1. The summed E-state index contributed by atoms with van der Waals surface area (Å²) in [4.78, 5) is 12.0. The topological polar surface area (TPSA) is 40.1 Å². The molecule has 3 nitrogen and oxygen atoms in total. The maximum atomic E-state index is 12.0. The quantitative estimate of drug-likeness (QED) is 0.108. The Labute approximate surface area is 171 Å². The molecule has 0 radical (unpaired) electrons. The van der Waals surface area contributed by atoms with Crippen LogP contribution in [0.4, 0.5) is 0 Å². The molecule has 0 aliphatic heterocycles. The van der Waals surface area contributed by atoms with E-state index in [1.54, 1.807) is 0 Å². The fourth-order valence-electron chi connectivity index (χ4n) is 3.93. The van der Waals surface area contributed by atoms with E-state index < -0.39 is 13.3 Å². The molecule has 0 aliphatic rings. The third kappa shape index (κ3) is 11.4. The van der Waals surface area contributed by atoms with Crippen molar-refractivity contribution in [2.45, 2.75) is 115 Å². The second-order valence-corrected chi connectivity index (χ2v) is 10.3. The zero-order valence-corrected chi connectivity index (χ0v) is 19.9. The molecule has 0 N–H and O–H groups in total. The highest BCUT2D eigenvalue weighted by molar-refractivity contribution is 7.38. The van der Waals surface area contributed by atoms with Crippen LogP contribution in [0.5, 0.6) is 0 Å². The lowest BCUT2D eigenvalue weighted by atomic mass is 10.00. The molecule has 0 bridgehead atoms. The van der Waals surface area contributed by atoms with E-state index in [4.69, 9.17) is 0 Å². The lowest BCUT2D eigenvalue weighted by Gasteiger charge is -2.39. The highest BCUT2D eigenvalue weighted by Crippen LogP contribution is 2.45. The first-order chi connectivity index (χ1) is 12.8. The number of hydrogen-bond donors (Lipinski definition) is 0. The van der Waals surface area contributed by atoms with Gasteiger partial charge in [0.1, 0.15) is 0 Å². The van der Waals surface area contributed by atoms with Crippen molar-refractivity contribution in [2.24, 2.45) is 0 Å². The smallest absolute Gasteiger partial charge is 0.376 e. The molecular formula is C23H47NO2P+. The van der Waals surface area contributed by atoms with E-state index in [1.807, 2.05) is 21.1 Å². The first-order valence-electron chi connectivity index (χ1n) is 11.4. The van der Waals surface area contributed by atoms with Gasteiger partial charge in [0.15, 0.2) is 0 Å². The van der Waals surface area contributed by atoms with Gasteiger partial charge in [-0.2, -0.15) is 0 Å². The number of unbranched alkanes of at least 4 members (excludes halogenated alkanes) is 10. The van der Waals surface area contributed by atoms with Gasteiger partial charge >= 0.3 is 8.03 Å². The molecule has 4 heteroatoms. The number of allylic oxidation sites excluding steroid dienone is 2. The van der Waals surface area contributed by atoms with Crippen molar-refractivity contribution < 1.29 is 13.9 Å². The van der Waals surface area contributed by atoms with E-state index >= 15 is 0 Å². The van der Waals surface area contributed by atoms with Gasteiger partial charge in [-0.25, -0.2) is 0 Å². The van der Waals surface area contributed by atoms with Crippen LogP contribution in [0, 0.1) is 0 Å². The first kappa shape index (κ1) is 26.8. The van der Waals surface area contributed by atoms with Crippen LogP contribution >= 0.6 is 8.03 Å². The minimum atomic E-state index is -2.43. The fourth-order valence-corrected chi connectivity index (χ4v) is 5.16. The Hall–Kier alpha value is -0.240. The summed E-state index contributed by atoms with van der Waals surface area (Å²) in [5.41, 5.74) is 0. The van der Waals surface area contributed by atoms with E-state index in [9.17, 15) is 9.46 Å².